The number of fused-ring (bicyclic) bond motifs is 1. The topological polar surface area (TPSA) is 72.2 Å². The molecule has 4 rings (SSSR count). The monoisotopic (exact) mass is 499 g/mol. The Morgan fingerprint density at radius 2 is 1.87 bits per heavy atom. The van der Waals surface area contributed by atoms with Crippen LogP contribution in [0.2, 0.25) is 0 Å². The Morgan fingerprint density at radius 1 is 1.13 bits per heavy atom. The number of nitrogens with zero attached hydrogens (tertiary/aromatic N) is 4. The summed E-state index contributed by atoms with van der Waals surface area (Å²) in [4.78, 5) is 21.2. The van der Waals surface area contributed by atoms with E-state index >= 15 is 0 Å². The highest BCUT2D eigenvalue weighted by Crippen LogP contribution is 2.22. The van der Waals surface area contributed by atoms with Crippen LogP contribution in [0.1, 0.15) is 22.5 Å². The van der Waals surface area contributed by atoms with Crippen molar-refractivity contribution in [3.63, 3.8) is 0 Å². The quantitative estimate of drug-likeness (QED) is 0.379. The molecule has 2 heterocycles. The minimum Gasteiger partial charge on any atom is -0.325 e. The number of anilines is 1. The van der Waals surface area contributed by atoms with Gasteiger partial charge in [-0.15, -0.1) is 5.10 Å². The summed E-state index contributed by atoms with van der Waals surface area (Å²) in [5, 5.41) is 7.80. The van der Waals surface area contributed by atoms with Gasteiger partial charge in [0.25, 0.3) is 5.78 Å². The van der Waals surface area contributed by atoms with Gasteiger partial charge in [-0.05, 0) is 55.3 Å². The fourth-order valence-electron chi connectivity index (χ4n) is 3.20. The molecule has 1 N–H and O–H groups in total. The second-order valence-electron chi connectivity index (χ2n) is 6.98. The average Bonchev–Trinajstić information content (AvgIpc) is 3.15. The van der Waals surface area contributed by atoms with Crippen LogP contribution in [0.25, 0.3) is 5.78 Å². The molecule has 0 fully saturated rings. The molecule has 6 nitrogen and oxygen atoms in total. The molecule has 0 saturated heterocycles. The molecule has 0 atom stereocenters. The van der Waals surface area contributed by atoms with Gasteiger partial charge in [0.15, 0.2) is 0 Å². The Morgan fingerprint density at radius 3 is 2.61 bits per heavy atom. The Labute approximate surface area is 191 Å². The number of aryl methyl sites for hydroxylation is 2. The second-order valence-corrected chi connectivity index (χ2v) is 8.84. The third-order valence-electron chi connectivity index (χ3n) is 4.81. The fourth-order valence-corrected chi connectivity index (χ4v) is 4.08. The molecule has 0 aliphatic rings. The minimum absolute atomic E-state index is 0.146. The van der Waals surface area contributed by atoms with Crippen molar-refractivity contribution in [2.45, 2.75) is 25.4 Å². The molecule has 9 heteroatoms. The molecule has 0 unspecified atom stereocenters. The van der Waals surface area contributed by atoms with Crippen LogP contribution in [-0.4, -0.2) is 31.2 Å². The maximum atomic E-state index is 14.1. The van der Waals surface area contributed by atoms with Gasteiger partial charge in [0.05, 0.1) is 5.75 Å². The van der Waals surface area contributed by atoms with Crippen molar-refractivity contribution in [3.8, 4) is 0 Å². The van der Waals surface area contributed by atoms with Gasteiger partial charge in [-0.25, -0.2) is 13.9 Å². The largest absolute Gasteiger partial charge is 0.325 e. The standard InChI is InChI=1S/C22H19BrFN5OS/c1-13-18(11-15-5-3-4-6-19(15)24)14(2)29-21(25-13)27-22(28-29)31-12-20(30)26-17-9-7-16(23)8-10-17/h3-10H,11-12H2,1-2H3,(H,26,30). The van der Waals surface area contributed by atoms with Gasteiger partial charge < -0.3 is 5.32 Å². The number of nitrogens with one attached hydrogen (secondary N) is 1. The van der Waals surface area contributed by atoms with E-state index in [-0.39, 0.29) is 17.5 Å². The lowest BCUT2D eigenvalue weighted by Gasteiger charge is -2.10. The van der Waals surface area contributed by atoms with Crippen LogP contribution in [0, 0.1) is 19.7 Å². The number of amides is 1. The van der Waals surface area contributed by atoms with E-state index in [1.807, 2.05) is 44.2 Å². The van der Waals surface area contributed by atoms with Gasteiger partial charge >= 0.3 is 0 Å². The number of benzene rings is 2. The highest BCUT2D eigenvalue weighted by molar-refractivity contribution is 9.10. The Hall–Kier alpha value is -2.78. The summed E-state index contributed by atoms with van der Waals surface area (Å²) in [5.41, 5.74) is 3.87. The normalized spacial score (nSPS) is 11.1. The number of thioether (sulfide) groups is 1. The fraction of sp³-hybridized carbons (Fsp3) is 0.182. The van der Waals surface area contributed by atoms with Crippen LogP contribution < -0.4 is 5.32 Å². The lowest BCUT2D eigenvalue weighted by atomic mass is 10.0. The van der Waals surface area contributed by atoms with E-state index < -0.39 is 0 Å². The summed E-state index contributed by atoms with van der Waals surface area (Å²) in [7, 11) is 0. The Kier molecular flexibility index (Phi) is 6.33. The summed E-state index contributed by atoms with van der Waals surface area (Å²) < 4.78 is 16.7. The summed E-state index contributed by atoms with van der Waals surface area (Å²) in [6, 6.07) is 14.1. The number of hydrogen-bond acceptors (Lipinski definition) is 5. The van der Waals surface area contributed by atoms with E-state index in [0.29, 0.717) is 22.9 Å². The highest BCUT2D eigenvalue weighted by Gasteiger charge is 2.16. The SMILES string of the molecule is Cc1nc2nc(SCC(=O)Nc3ccc(Br)cc3)nn2c(C)c1Cc1ccccc1F. The van der Waals surface area contributed by atoms with Crippen LogP contribution in [0.4, 0.5) is 10.1 Å². The van der Waals surface area contributed by atoms with E-state index in [1.54, 1.807) is 16.6 Å². The molecule has 2 aromatic heterocycles. The molecule has 2 aromatic carbocycles. The van der Waals surface area contributed by atoms with Crippen molar-refractivity contribution in [3.05, 3.63) is 81.3 Å². The van der Waals surface area contributed by atoms with Crippen molar-refractivity contribution in [1.29, 1.82) is 0 Å². The molecular weight excluding hydrogens is 481 g/mol. The van der Waals surface area contributed by atoms with Crippen LogP contribution in [0.3, 0.4) is 0 Å². The summed E-state index contributed by atoms with van der Waals surface area (Å²) in [6.07, 6.45) is 0.422. The zero-order chi connectivity index (χ0) is 22.0. The molecule has 0 saturated carbocycles. The van der Waals surface area contributed by atoms with Crippen molar-refractivity contribution in [2.24, 2.45) is 0 Å². The van der Waals surface area contributed by atoms with Crippen molar-refractivity contribution in [2.75, 3.05) is 11.1 Å². The number of aromatic nitrogens is 4. The number of carbonyl (C=O) groups excluding carboxylic acids is 1. The lowest BCUT2D eigenvalue weighted by Crippen LogP contribution is -2.14. The van der Waals surface area contributed by atoms with E-state index in [0.717, 1.165) is 27.1 Å². The molecule has 1 amide bonds. The van der Waals surface area contributed by atoms with Gasteiger partial charge in [-0.2, -0.15) is 4.98 Å². The first-order chi connectivity index (χ1) is 14.9. The van der Waals surface area contributed by atoms with Crippen LogP contribution in [0.5, 0.6) is 0 Å². The molecular formula is C22H19BrFN5OS. The molecule has 0 aliphatic carbocycles. The first-order valence-electron chi connectivity index (χ1n) is 9.55. The Bertz CT molecular complexity index is 1260. The number of rotatable bonds is 6. The van der Waals surface area contributed by atoms with Gasteiger partial charge in [0, 0.05) is 28.0 Å². The first kappa shape index (κ1) is 21.5. The zero-order valence-corrected chi connectivity index (χ0v) is 19.3. The molecule has 4 aromatic rings. The van der Waals surface area contributed by atoms with E-state index in [2.05, 4.69) is 36.3 Å². The molecule has 0 radical (unpaired) electrons. The zero-order valence-electron chi connectivity index (χ0n) is 16.9. The predicted octanol–water partition coefficient (Wildman–Crippen LogP) is 4.96. The van der Waals surface area contributed by atoms with Gasteiger partial charge in [-0.1, -0.05) is 45.9 Å². The van der Waals surface area contributed by atoms with E-state index in [1.165, 1.54) is 17.8 Å². The van der Waals surface area contributed by atoms with Gasteiger partial charge in [0.2, 0.25) is 11.1 Å². The first-order valence-corrected chi connectivity index (χ1v) is 11.3. The lowest BCUT2D eigenvalue weighted by molar-refractivity contribution is -0.113. The van der Waals surface area contributed by atoms with E-state index in [9.17, 15) is 9.18 Å². The van der Waals surface area contributed by atoms with Gasteiger partial charge in [-0.3, -0.25) is 4.79 Å². The minimum atomic E-state index is -0.243. The van der Waals surface area contributed by atoms with Gasteiger partial charge in [0.1, 0.15) is 5.82 Å². The molecule has 158 valence electrons. The van der Waals surface area contributed by atoms with Crippen LogP contribution in [0.15, 0.2) is 58.2 Å². The van der Waals surface area contributed by atoms with Crippen molar-refractivity contribution in [1.82, 2.24) is 19.6 Å². The summed E-state index contributed by atoms with van der Waals surface area (Å²) in [5.74, 6) is 0.246. The highest BCUT2D eigenvalue weighted by atomic mass is 79.9. The predicted molar refractivity (Wildman–Crippen MR) is 123 cm³/mol. The number of carbonyl (C=O) groups is 1. The third kappa shape index (κ3) is 4.94. The third-order valence-corrected chi connectivity index (χ3v) is 6.18. The molecule has 0 aliphatic heterocycles. The van der Waals surface area contributed by atoms with Crippen molar-refractivity contribution < 1.29 is 9.18 Å². The smallest absolute Gasteiger partial charge is 0.253 e. The average molecular weight is 500 g/mol. The molecule has 0 bridgehead atoms. The maximum absolute atomic E-state index is 14.1. The molecule has 0 spiro atoms. The summed E-state index contributed by atoms with van der Waals surface area (Å²) >= 11 is 4.61. The number of hydrogen-bond donors (Lipinski definition) is 1. The van der Waals surface area contributed by atoms with Crippen LogP contribution in [-0.2, 0) is 11.2 Å². The van der Waals surface area contributed by atoms with Crippen LogP contribution >= 0.6 is 27.7 Å². The Balaban J connectivity index is 1.50. The maximum Gasteiger partial charge on any atom is 0.253 e. The van der Waals surface area contributed by atoms with Crippen molar-refractivity contribution >= 4 is 45.1 Å². The second kappa shape index (κ2) is 9.15. The number of halogens is 2. The molecule has 31 heavy (non-hydrogen) atoms. The summed E-state index contributed by atoms with van der Waals surface area (Å²) in [6.45, 7) is 3.80. The van der Waals surface area contributed by atoms with E-state index in [4.69, 9.17) is 0 Å².